The van der Waals surface area contributed by atoms with Gasteiger partial charge in [-0.1, -0.05) is 0 Å². The number of hydrogen-bond acceptors (Lipinski definition) is 6. The summed E-state index contributed by atoms with van der Waals surface area (Å²) < 4.78 is 4.00. The Morgan fingerprint density at radius 2 is 2.10 bits per heavy atom. The van der Waals surface area contributed by atoms with Crippen LogP contribution in [0.15, 0.2) is 0 Å². The zero-order valence-electron chi connectivity index (χ0n) is 11.6. The monoisotopic (exact) mass is 295 g/mol. The maximum atomic E-state index is 11.4. The van der Waals surface area contributed by atoms with E-state index in [9.17, 15) is 4.79 Å². The summed E-state index contributed by atoms with van der Waals surface area (Å²) in [5, 5.41) is 4.04. The maximum Gasteiger partial charge on any atom is 0.255 e. The molecule has 2 aliphatic heterocycles. The smallest absolute Gasteiger partial charge is 0.255 e. The van der Waals surface area contributed by atoms with Gasteiger partial charge in [-0.05, 0) is 50.2 Å². The van der Waals surface area contributed by atoms with Gasteiger partial charge in [0.05, 0.1) is 0 Å². The highest BCUT2D eigenvalue weighted by Gasteiger charge is 2.38. The molecule has 0 saturated carbocycles. The fourth-order valence-corrected chi connectivity index (χ4v) is 4.31. The number of aromatic nitrogens is 1. The van der Waals surface area contributed by atoms with Crippen LogP contribution in [0.2, 0.25) is 0 Å². The fraction of sp³-hybridized carbons (Fsp3) is 0.692. The molecule has 7 heteroatoms. The number of piperidine rings is 1. The summed E-state index contributed by atoms with van der Waals surface area (Å²) in [6.45, 7) is 0.864. The number of nitrogen functional groups attached to an aromatic ring is 1. The molecule has 3 heterocycles. The van der Waals surface area contributed by atoms with Gasteiger partial charge in [0.2, 0.25) is 0 Å². The number of primary amides is 1. The van der Waals surface area contributed by atoms with E-state index in [0.717, 1.165) is 18.6 Å². The molecule has 3 rings (SSSR count). The molecule has 2 saturated heterocycles. The lowest BCUT2D eigenvalue weighted by molar-refractivity contribution is 0.100. The predicted octanol–water partition coefficient (Wildman–Crippen LogP) is 1.11. The van der Waals surface area contributed by atoms with Crippen molar-refractivity contribution in [3.05, 3.63) is 5.56 Å². The van der Waals surface area contributed by atoms with Crippen LogP contribution in [0.1, 0.15) is 36.0 Å². The molecule has 2 fully saturated rings. The van der Waals surface area contributed by atoms with Crippen LogP contribution in [0.25, 0.3) is 0 Å². The van der Waals surface area contributed by atoms with Crippen molar-refractivity contribution >= 4 is 28.3 Å². The molecule has 1 aromatic heterocycles. The largest absolute Gasteiger partial charge is 0.382 e. The molecule has 2 aliphatic rings. The average Bonchev–Trinajstić information content (AvgIpc) is 2.84. The topological polar surface area (TPSA) is 97.3 Å². The summed E-state index contributed by atoms with van der Waals surface area (Å²) in [6, 6.07) is 1.45. The Labute approximate surface area is 122 Å². The third-order valence-electron chi connectivity index (χ3n) is 4.71. The second-order valence-corrected chi connectivity index (χ2v) is 6.68. The van der Waals surface area contributed by atoms with Gasteiger partial charge in [0.15, 0.2) is 5.82 Å². The first kappa shape index (κ1) is 13.6. The van der Waals surface area contributed by atoms with Crippen LogP contribution < -0.4 is 16.8 Å². The number of nitrogens with zero attached hydrogens (tertiary/aromatic N) is 2. The first-order valence-corrected chi connectivity index (χ1v) is 7.84. The lowest BCUT2D eigenvalue weighted by atomic mass is 9.91. The minimum absolute atomic E-state index is 0.230. The van der Waals surface area contributed by atoms with E-state index < -0.39 is 5.91 Å². The Balaban J connectivity index is 1.62. The molecule has 20 heavy (non-hydrogen) atoms. The lowest BCUT2D eigenvalue weighted by Crippen LogP contribution is -2.41. The van der Waals surface area contributed by atoms with E-state index in [1.807, 2.05) is 0 Å². The first-order chi connectivity index (χ1) is 9.56. The van der Waals surface area contributed by atoms with Gasteiger partial charge in [0.1, 0.15) is 10.6 Å². The van der Waals surface area contributed by atoms with Crippen LogP contribution in [0.4, 0.5) is 10.8 Å². The van der Waals surface area contributed by atoms with Crippen molar-refractivity contribution in [2.24, 2.45) is 11.7 Å². The van der Waals surface area contributed by atoms with E-state index in [1.165, 1.54) is 37.2 Å². The SMILES string of the molecule is CN1C2CCC1CC(CNc1snc(N)c1C(N)=O)C2. The van der Waals surface area contributed by atoms with Gasteiger partial charge in [-0.3, -0.25) is 4.79 Å². The molecular formula is C13H21N5OS. The normalized spacial score (nSPS) is 29.6. The molecule has 0 spiro atoms. The number of rotatable bonds is 4. The zero-order chi connectivity index (χ0) is 14.3. The molecule has 0 aromatic carbocycles. The number of carbonyl (C=O) groups excluding carboxylic acids is 1. The van der Waals surface area contributed by atoms with Gasteiger partial charge < -0.3 is 21.7 Å². The van der Waals surface area contributed by atoms with E-state index >= 15 is 0 Å². The minimum Gasteiger partial charge on any atom is -0.382 e. The van der Waals surface area contributed by atoms with Crippen molar-refractivity contribution in [1.29, 1.82) is 0 Å². The van der Waals surface area contributed by atoms with Gasteiger partial charge in [0, 0.05) is 18.6 Å². The number of amides is 1. The molecule has 6 nitrogen and oxygen atoms in total. The number of hydrogen-bond donors (Lipinski definition) is 3. The molecule has 0 radical (unpaired) electrons. The predicted molar refractivity (Wildman–Crippen MR) is 80.8 cm³/mol. The zero-order valence-corrected chi connectivity index (χ0v) is 12.4. The van der Waals surface area contributed by atoms with Crippen LogP contribution in [0.5, 0.6) is 0 Å². The molecule has 1 aromatic rings. The van der Waals surface area contributed by atoms with Crippen molar-refractivity contribution in [3.8, 4) is 0 Å². The standard InChI is InChI=1S/C13H21N5OS/c1-18-8-2-3-9(18)5-7(4-8)6-16-13-10(12(15)19)11(14)17-20-13/h7-9,16H,2-6H2,1H3,(H2,14,17)(H2,15,19). The molecule has 0 aliphatic carbocycles. The summed E-state index contributed by atoms with van der Waals surface area (Å²) in [4.78, 5) is 13.9. The van der Waals surface area contributed by atoms with Gasteiger partial charge in [0.25, 0.3) is 5.91 Å². The van der Waals surface area contributed by atoms with Crippen LogP contribution in [-0.2, 0) is 0 Å². The molecule has 2 unspecified atom stereocenters. The summed E-state index contributed by atoms with van der Waals surface area (Å²) in [5.74, 6) is 0.364. The molecule has 1 amide bonds. The molecular weight excluding hydrogens is 274 g/mol. The van der Waals surface area contributed by atoms with Gasteiger partial charge in [-0.25, -0.2) is 0 Å². The van der Waals surface area contributed by atoms with Gasteiger partial charge in [-0.15, -0.1) is 0 Å². The number of carbonyl (C=O) groups is 1. The van der Waals surface area contributed by atoms with Crippen LogP contribution in [0.3, 0.4) is 0 Å². The highest BCUT2D eigenvalue weighted by atomic mass is 32.1. The van der Waals surface area contributed by atoms with Crippen molar-refractivity contribution < 1.29 is 4.79 Å². The van der Waals surface area contributed by atoms with E-state index in [-0.39, 0.29) is 5.82 Å². The second kappa shape index (κ2) is 5.21. The van der Waals surface area contributed by atoms with E-state index in [0.29, 0.717) is 16.5 Å². The summed E-state index contributed by atoms with van der Waals surface area (Å²) >= 11 is 1.21. The Bertz CT molecular complexity index is 503. The molecule has 5 N–H and O–H groups in total. The Hall–Kier alpha value is -1.34. The van der Waals surface area contributed by atoms with Crippen molar-refractivity contribution in [2.45, 2.75) is 37.8 Å². The van der Waals surface area contributed by atoms with Gasteiger partial charge in [-0.2, -0.15) is 4.37 Å². The third kappa shape index (κ3) is 2.35. The maximum absolute atomic E-state index is 11.4. The number of fused-ring (bicyclic) bond motifs is 2. The second-order valence-electron chi connectivity index (χ2n) is 5.90. The highest BCUT2D eigenvalue weighted by molar-refractivity contribution is 7.11. The van der Waals surface area contributed by atoms with E-state index in [2.05, 4.69) is 21.6 Å². The average molecular weight is 295 g/mol. The molecule has 2 atom stereocenters. The quantitative estimate of drug-likeness (QED) is 0.773. The highest BCUT2D eigenvalue weighted by Crippen LogP contribution is 2.37. The molecule has 110 valence electrons. The fourth-order valence-electron chi connectivity index (χ4n) is 3.59. The van der Waals surface area contributed by atoms with E-state index in [1.54, 1.807) is 0 Å². The van der Waals surface area contributed by atoms with Gasteiger partial charge >= 0.3 is 0 Å². The Morgan fingerprint density at radius 1 is 1.45 bits per heavy atom. The van der Waals surface area contributed by atoms with Crippen molar-refractivity contribution in [2.75, 3.05) is 24.6 Å². The van der Waals surface area contributed by atoms with Crippen LogP contribution in [-0.4, -0.2) is 40.9 Å². The minimum atomic E-state index is -0.512. The van der Waals surface area contributed by atoms with Crippen molar-refractivity contribution in [3.63, 3.8) is 0 Å². The van der Waals surface area contributed by atoms with E-state index in [4.69, 9.17) is 11.5 Å². The number of anilines is 2. The first-order valence-electron chi connectivity index (χ1n) is 7.07. The molecule has 2 bridgehead atoms. The Morgan fingerprint density at radius 3 is 2.70 bits per heavy atom. The summed E-state index contributed by atoms with van der Waals surface area (Å²) in [5.41, 5.74) is 11.4. The Kier molecular flexibility index (Phi) is 3.55. The summed E-state index contributed by atoms with van der Waals surface area (Å²) in [7, 11) is 2.24. The lowest BCUT2D eigenvalue weighted by Gasteiger charge is -2.36. The van der Waals surface area contributed by atoms with Crippen LogP contribution >= 0.6 is 11.5 Å². The summed E-state index contributed by atoms with van der Waals surface area (Å²) in [6.07, 6.45) is 5.08. The van der Waals surface area contributed by atoms with Crippen molar-refractivity contribution in [1.82, 2.24) is 9.27 Å². The number of nitrogens with two attached hydrogens (primary N) is 2. The number of nitrogens with one attached hydrogen (secondary N) is 1. The van der Waals surface area contributed by atoms with Crippen LogP contribution in [0, 0.1) is 5.92 Å². The third-order valence-corrected chi connectivity index (χ3v) is 5.53.